The normalized spacial score (nSPS) is 11.7. The summed E-state index contributed by atoms with van der Waals surface area (Å²) in [6.45, 7) is 12.3. The maximum Gasteiger partial charge on any atom is 0.409 e. The van der Waals surface area contributed by atoms with Crippen LogP contribution in [-0.2, 0) is 28.8 Å². The number of carbonyl (C=O) groups is 2. The Balaban J connectivity index is 1.52. The quantitative estimate of drug-likeness (QED) is 0.247. The monoisotopic (exact) mass is 518 g/mol. The van der Waals surface area contributed by atoms with Gasteiger partial charge < -0.3 is 14.8 Å². The van der Waals surface area contributed by atoms with Gasteiger partial charge in [0.2, 0.25) is 5.91 Å². The van der Waals surface area contributed by atoms with Crippen LogP contribution in [0.25, 0.3) is 11.1 Å². The summed E-state index contributed by atoms with van der Waals surface area (Å²) in [5.41, 5.74) is 5.29. The molecule has 0 aromatic heterocycles. The van der Waals surface area contributed by atoms with Gasteiger partial charge in [0, 0.05) is 18.5 Å². The second kappa shape index (κ2) is 12.2. The third-order valence-electron chi connectivity index (χ3n) is 6.97. The lowest BCUT2D eigenvalue weighted by Gasteiger charge is -2.36. The van der Waals surface area contributed by atoms with Crippen molar-refractivity contribution < 1.29 is 19.1 Å². The van der Waals surface area contributed by atoms with Crippen LogP contribution in [0.1, 0.15) is 43.9 Å². The molecular weight excluding hydrogens is 480 g/mol. The molecule has 0 fully saturated rings. The van der Waals surface area contributed by atoms with Crippen molar-refractivity contribution in [1.29, 1.82) is 0 Å². The van der Waals surface area contributed by atoms with E-state index in [9.17, 15) is 14.7 Å². The Morgan fingerprint density at radius 3 is 2.14 bits per heavy atom. The van der Waals surface area contributed by atoms with Crippen molar-refractivity contribution in [2.75, 3.05) is 5.32 Å². The molecule has 7 heteroatoms. The molecule has 37 heavy (non-hydrogen) atoms. The maximum atomic E-state index is 12.5. The van der Waals surface area contributed by atoms with Gasteiger partial charge in [0.25, 0.3) is 0 Å². The van der Waals surface area contributed by atoms with Crippen LogP contribution in [0.2, 0.25) is 18.1 Å². The topological polar surface area (TPSA) is 87.7 Å². The molecule has 3 aromatic carbocycles. The summed E-state index contributed by atoms with van der Waals surface area (Å²) in [6, 6.07) is 23.4. The zero-order chi connectivity index (χ0) is 27.1. The number of aryl methyl sites for hydroxylation is 1. The van der Waals surface area contributed by atoms with E-state index >= 15 is 0 Å². The molecule has 0 aliphatic rings. The Labute approximate surface area is 221 Å². The van der Waals surface area contributed by atoms with Crippen LogP contribution in [0.4, 0.5) is 10.5 Å². The van der Waals surface area contributed by atoms with E-state index in [2.05, 4.69) is 56.6 Å². The molecule has 0 saturated heterocycles. The first-order valence-corrected chi connectivity index (χ1v) is 15.5. The molecule has 3 rings (SSSR count). The highest BCUT2D eigenvalue weighted by Gasteiger charge is 2.36. The molecule has 3 aromatic rings. The fourth-order valence-electron chi connectivity index (χ4n) is 3.62. The predicted molar refractivity (Wildman–Crippen MR) is 152 cm³/mol. The summed E-state index contributed by atoms with van der Waals surface area (Å²) < 4.78 is 6.29. The van der Waals surface area contributed by atoms with Crippen LogP contribution in [0.15, 0.2) is 72.8 Å². The third-order valence-corrected chi connectivity index (χ3v) is 11.4. The van der Waals surface area contributed by atoms with E-state index in [-0.39, 0.29) is 10.9 Å². The predicted octanol–water partition coefficient (Wildman–Crippen LogP) is 7.21. The highest BCUT2D eigenvalue weighted by Crippen LogP contribution is 2.37. The fourth-order valence-corrected chi connectivity index (χ4v) is 4.58. The van der Waals surface area contributed by atoms with Crippen molar-refractivity contribution in [2.24, 2.45) is 0 Å². The molecule has 6 nitrogen and oxygen atoms in total. The minimum Gasteiger partial charge on any atom is -0.465 e. The molecule has 0 atom stereocenters. The number of amides is 2. The molecule has 3 N–H and O–H groups in total. The lowest BCUT2D eigenvalue weighted by Crippen LogP contribution is -2.40. The van der Waals surface area contributed by atoms with E-state index in [1.807, 2.05) is 54.6 Å². The Hall–Kier alpha value is -3.42. The Morgan fingerprint density at radius 2 is 1.51 bits per heavy atom. The standard InChI is InChI=1S/C30H38N2O4Si/c1-30(2,3)37(4,5)36-21-24-13-11-23(12-14-24)20-31-28(33)18-16-22-15-17-26(25-9-7-6-8-10-25)27(19-22)32-29(34)35/h6-15,17,19,32H,16,18,20-21H2,1-5H3,(H,31,33)(H,34,35). The van der Waals surface area contributed by atoms with E-state index in [0.29, 0.717) is 31.7 Å². The minimum absolute atomic E-state index is 0.0507. The van der Waals surface area contributed by atoms with Crippen LogP contribution >= 0.6 is 0 Å². The van der Waals surface area contributed by atoms with Crippen LogP contribution in [0.3, 0.4) is 0 Å². The third kappa shape index (κ3) is 8.30. The zero-order valence-electron chi connectivity index (χ0n) is 22.4. The first kappa shape index (κ1) is 28.2. The van der Waals surface area contributed by atoms with Gasteiger partial charge >= 0.3 is 6.09 Å². The van der Waals surface area contributed by atoms with Gasteiger partial charge in [0.1, 0.15) is 0 Å². The SMILES string of the molecule is CC(C)(C)[Si](C)(C)OCc1ccc(CNC(=O)CCc2ccc(-c3ccccc3)c(NC(=O)O)c2)cc1. The first-order valence-electron chi connectivity index (χ1n) is 12.6. The lowest BCUT2D eigenvalue weighted by atomic mass is 9.99. The van der Waals surface area contributed by atoms with E-state index in [1.165, 1.54) is 0 Å². The van der Waals surface area contributed by atoms with Crippen LogP contribution in [-0.4, -0.2) is 25.4 Å². The smallest absolute Gasteiger partial charge is 0.409 e. The second-order valence-electron chi connectivity index (χ2n) is 10.8. The minimum atomic E-state index is -1.79. The molecule has 0 saturated carbocycles. The van der Waals surface area contributed by atoms with E-state index in [0.717, 1.165) is 27.8 Å². The Bertz CT molecular complexity index is 1200. The molecule has 0 aliphatic heterocycles. The number of benzene rings is 3. The highest BCUT2D eigenvalue weighted by molar-refractivity contribution is 6.74. The van der Waals surface area contributed by atoms with Gasteiger partial charge in [0.15, 0.2) is 8.32 Å². The fraction of sp³-hybridized carbons (Fsp3) is 0.333. The molecule has 0 radical (unpaired) electrons. The van der Waals surface area contributed by atoms with E-state index in [1.54, 1.807) is 6.07 Å². The van der Waals surface area contributed by atoms with E-state index < -0.39 is 14.4 Å². The number of carbonyl (C=O) groups excluding carboxylic acids is 1. The average Bonchev–Trinajstić information content (AvgIpc) is 2.85. The van der Waals surface area contributed by atoms with Gasteiger partial charge in [-0.2, -0.15) is 0 Å². The van der Waals surface area contributed by atoms with Crippen LogP contribution in [0.5, 0.6) is 0 Å². The number of rotatable bonds is 10. The van der Waals surface area contributed by atoms with Gasteiger partial charge in [-0.25, -0.2) is 4.79 Å². The van der Waals surface area contributed by atoms with Crippen molar-refractivity contribution in [3.05, 3.63) is 89.5 Å². The Morgan fingerprint density at radius 1 is 0.892 bits per heavy atom. The molecule has 0 unspecified atom stereocenters. The zero-order valence-corrected chi connectivity index (χ0v) is 23.4. The highest BCUT2D eigenvalue weighted by atomic mass is 28.4. The summed E-state index contributed by atoms with van der Waals surface area (Å²) >= 11 is 0. The lowest BCUT2D eigenvalue weighted by molar-refractivity contribution is -0.121. The molecule has 196 valence electrons. The summed E-state index contributed by atoms with van der Waals surface area (Å²) in [6.07, 6.45) is -0.293. The van der Waals surface area contributed by atoms with Crippen molar-refractivity contribution in [2.45, 2.75) is 64.9 Å². The average molecular weight is 519 g/mol. The molecule has 0 aliphatic carbocycles. The van der Waals surface area contributed by atoms with Crippen molar-refractivity contribution in [3.8, 4) is 11.1 Å². The molecule has 0 bridgehead atoms. The van der Waals surface area contributed by atoms with Crippen LogP contribution in [0, 0.1) is 0 Å². The second-order valence-corrected chi connectivity index (χ2v) is 15.6. The summed E-state index contributed by atoms with van der Waals surface area (Å²) in [4.78, 5) is 23.8. The summed E-state index contributed by atoms with van der Waals surface area (Å²) in [5.74, 6) is -0.0507. The molecule has 0 spiro atoms. The number of nitrogens with one attached hydrogen (secondary N) is 2. The van der Waals surface area contributed by atoms with Crippen molar-refractivity contribution in [3.63, 3.8) is 0 Å². The van der Waals surface area contributed by atoms with Gasteiger partial charge in [0.05, 0.1) is 12.3 Å². The largest absolute Gasteiger partial charge is 0.465 e. The first-order chi connectivity index (χ1) is 17.4. The number of anilines is 1. The molecule has 2 amide bonds. The van der Waals surface area contributed by atoms with Crippen LogP contribution < -0.4 is 10.6 Å². The summed E-state index contributed by atoms with van der Waals surface area (Å²) in [5, 5.41) is 14.9. The van der Waals surface area contributed by atoms with Gasteiger partial charge in [-0.05, 0) is 52.9 Å². The number of hydrogen-bond acceptors (Lipinski definition) is 3. The van der Waals surface area contributed by atoms with Gasteiger partial charge in [-0.15, -0.1) is 0 Å². The number of hydrogen-bond donors (Lipinski definition) is 3. The Kier molecular flexibility index (Phi) is 9.29. The van der Waals surface area contributed by atoms with Gasteiger partial charge in [-0.3, -0.25) is 10.1 Å². The maximum absolute atomic E-state index is 12.5. The van der Waals surface area contributed by atoms with Crippen molar-refractivity contribution in [1.82, 2.24) is 5.32 Å². The molecular formula is C30H38N2O4Si. The van der Waals surface area contributed by atoms with Gasteiger partial charge in [-0.1, -0.05) is 87.5 Å². The summed E-state index contributed by atoms with van der Waals surface area (Å²) in [7, 11) is -1.79. The molecule has 0 heterocycles. The van der Waals surface area contributed by atoms with E-state index in [4.69, 9.17) is 4.43 Å². The van der Waals surface area contributed by atoms with Crippen molar-refractivity contribution >= 4 is 26.0 Å². The number of carboxylic acid groups (broad SMARTS) is 1.